The first-order valence-electron chi connectivity index (χ1n) is 8.07. The van der Waals surface area contributed by atoms with Crippen LogP contribution >= 0.6 is 0 Å². The van der Waals surface area contributed by atoms with Gasteiger partial charge in [0.15, 0.2) is 0 Å². The molecule has 24 heavy (non-hydrogen) atoms. The molecule has 6 heteroatoms. The van der Waals surface area contributed by atoms with Crippen molar-refractivity contribution >= 4 is 10.0 Å². The van der Waals surface area contributed by atoms with Crippen LogP contribution < -0.4 is 4.72 Å². The molecule has 0 radical (unpaired) electrons. The van der Waals surface area contributed by atoms with Crippen LogP contribution in [0.2, 0.25) is 0 Å². The normalized spacial score (nSPS) is 17.5. The number of nitrogens with one attached hydrogen (secondary N) is 1. The van der Waals surface area contributed by atoms with Gasteiger partial charge >= 0.3 is 0 Å². The first-order valence-corrected chi connectivity index (χ1v) is 9.56. The summed E-state index contributed by atoms with van der Waals surface area (Å²) in [5.41, 5.74) is 0.962. The highest BCUT2D eigenvalue weighted by molar-refractivity contribution is 7.89. The lowest BCUT2D eigenvalue weighted by Crippen LogP contribution is -2.43. The van der Waals surface area contributed by atoms with E-state index in [1.54, 1.807) is 30.3 Å². The Balaban J connectivity index is 1.82. The molecule has 1 unspecified atom stereocenters. The van der Waals surface area contributed by atoms with Crippen molar-refractivity contribution in [2.24, 2.45) is 0 Å². The maximum absolute atomic E-state index is 12.7. The molecular formula is C18H22N2O3S. The third kappa shape index (κ3) is 4.42. The van der Waals surface area contributed by atoms with Gasteiger partial charge in [-0.15, -0.1) is 0 Å². The molecule has 3 rings (SSSR count). The number of rotatable bonds is 6. The average molecular weight is 346 g/mol. The second-order valence-corrected chi connectivity index (χ2v) is 7.52. The minimum Gasteiger partial charge on any atom is -0.379 e. The van der Waals surface area contributed by atoms with Gasteiger partial charge in [-0.1, -0.05) is 48.5 Å². The van der Waals surface area contributed by atoms with E-state index in [0.717, 1.165) is 18.7 Å². The summed E-state index contributed by atoms with van der Waals surface area (Å²) in [4.78, 5) is 2.52. The fourth-order valence-corrected chi connectivity index (χ4v) is 4.03. The van der Waals surface area contributed by atoms with Crippen molar-refractivity contribution in [1.29, 1.82) is 0 Å². The standard InChI is InChI=1S/C18H22N2O3S/c21-24(22,17-9-5-2-6-10-17)19-18(16-7-3-1-4-8-16)15-20-11-13-23-14-12-20/h1-10,18-19H,11-15H2. The van der Waals surface area contributed by atoms with Crippen LogP contribution in [0.4, 0.5) is 0 Å². The average Bonchev–Trinajstić information content (AvgIpc) is 2.63. The van der Waals surface area contributed by atoms with Gasteiger partial charge in [-0.2, -0.15) is 0 Å². The van der Waals surface area contributed by atoms with Crippen molar-refractivity contribution in [2.75, 3.05) is 32.8 Å². The molecule has 0 amide bonds. The summed E-state index contributed by atoms with van der Waals surface area (Å²) >= 11 is 0. The van der Waals surface area contributed by atoms with Gasteiger partial charge in [0, 0.05) is 19.6 Å². The Morgan fingerprint density at radius 2 is 1.54 bits per heavy atom. The van der Waals surface area contributed by atoms with E-state index in [0.29, 0.717) is 19.8 Å². The quantitative estimate of drug-likeness (QED) is 0.870. The molecule has 1 aliphatic rings. The van der Waals surface area contributed by atoms with Gasteiger partial charge < -0.3 is 4.74 Å². The molecule has 2 aromatic rings. The van der Waals surface area contributed by atoms with Crippen LogP contribution in [-0.2, 0) is 14.8 Å². The van der Waals surface area contributed by atoms with E-state index in [1.165, 1.54) is 0 Å². The van der Waals surface area contributed by atoms with Crippen molar-refractivity contribution in [1.82, 2.24) is 9.62 Å². The first kappa shape index (κ1) is 17.1. The smallest absolute Gasteiger partial charge is 0.241 e. The van der Waals surface area contributed by atoms with Crippen molar-refractivity contribution in [3.05, 3.63) is 66.2 Å². The van der Waals surface area contributed by atoms with E-state index in [1.807, 2.05) is 30.3 Å². The third-order valence-electron chi connectivity index (χ3n) is 4.10. The zero-order chi connectivity index (χ0) is 16.8. The van der Waals surface area contributed by atoms with Crippen LogP contribution in [0, 0.1) is 0 Å². The molecule has 0 bridgehead atoms. The fourth-order valence-electron chi connectivity index (χ4n) is 2.79. The minimum atomic E-state index is -3.57. The molecule has 2 aromatic carbocycles. The molecule has 1 aliphatic heterocycles. The summed E-state index contributed by atoms with van der Waals surface area (Å²) in [6.07, 6.45) is 0. The van der Waals surface area contributed by atoms with Gasteiger partial charge in [-0.3, -0.25) is 4.90 Å². The van der Waals surface area contributed by atoms with Crippen LogP contribution in [0.1, 0.15) is 11.6 Å². The summed E-state index contributed by atoms with van der Waals surface area (Å²) in [7, 11) is -3.57. The number of hydrogen-bond donors (Lipinski definition) is 1. The lowest BCUT2D eigenvalue weighted by molar-refractivity contribution is 0.0345. The van der Waals surface area contributed by atoms with Crippen molar-refractivity contribution in [2.45, 2.75) is 10.9 Å². The van der Waals surface area contributed by atoms with E-state index in [-0.39, 0.29) is 10.9 Å². The van der Waals surface area contributed by atoms with Gasteiger partial charge in [0.25, 0.3) is 0 Å². The van der Waals surface area contributed by atoms with Crippen LogP contribution in [0.25, 0.3) is 0 Å². The molecular weight excluding hydrogens is 324 g/mol. The van der Waals surface area contributed by atoms with Crippen LogP contribution in [-0.4, -0.2) is 46.2 Å². The molecule has 1 atom stereocenters. The number of sulfonamides is 1. The van der Waals surface area contributed by atoms with Gasteiger partial charge in [0.1, 0.15) is 0 Å². The summed E-state index contributed by atoms with van der Waals surface area (Å²) in [5, 5.41) is 0. The Morgan fingerprint density at radius 3 is 2.17 bits per heavy atom. The van der Waals surface area contributed by atoms with Crippen molar-refractivity contribution < 1.29 is 13.2 Å². The number of benzene rings is 2. The van der Waals surface area contributed by atoms with Crippen LogP contribution in [0.5, 0.6) is 0 Å². The lowest BCUT2D eigenvalue weighted by Gasteiger charge is -2.31. The summed E-state index contributed by atoms with van der Waals surface area (Å²) in [6.45, 7) is 3.63. The molecule has 0 saturated carbocycles. The highest BCUT2D eigenvalue weighted by Crippen LogP contribution is 2.19. The number of nitrogens with zero attached hydrogens (tertiary/aromatic N) is 1. The van der Waals surface area contributed by atoms with E-state index < -0.39 is 10.0 Å². The lowest BCUT2D eigenvalue weighted by atomic mass is 10.1. The number of hydrogen-bond acceptors (Lipinski definition) is 4. The maximum atomic E-state index is 12.7. The zero-order valence-corrected chi connectivity index (χ0v) is 14.3. The molecule has 1 saturated heterocycles. The first-order chi connectivity index (χ1) is 11.6. The SMILES string of the molecule is O=S(=O)(NC(CN1CCOCC1)c1ccccc1)c1ccccc1. The van der Waals surface area contributed by atoms with Crippen molar-refractivity contribution in [3.8, 4) is 0 Å². The molecule has 128 valence electrons. The van der Waals surface area contributed by atoms with Crippen molar-refractivity contribution in [3.63, 3.8) is 0 Å². The van der Waals surface area contributed by atoms with Gasteiger partial charge in [-0.25, -0.2) is 13.1 Å². The Kier molecular flexibility index (Phi) is 5.63. The highest BCUT2D eigenvalue weighted by atomic mass is 32.2. The monoisotopic (exact) mass is 346 g/mol. The molecule has 5 nitrogen and oxygen atoms in total. The molecule has 0 aliphatic carbocycles. The van der Waals surface area contributed by atoms with E-state index in [2.05, 4.69) is 9.62 Å². The van der Waals surface area contributed by atoms with E-state index >= 15 is 0 Å². The summed E-state index contributed by atoms with van der Waals surface area (Å²) in [5.74, 6) is 0. The molecule has 1 N–H and O–H groups in total. The molecule has 0 spiro atoms. The Bertz CT molecular complexity index is 729. The Hall–Kier alpha value is -1.73. The summed E-state index contributed by atoms with van der Waals surface area (Å²) in [6, 6.07) is 17.9. The topological polar surface area (TPSA) is 58.6 Å². The number of ether oxygens (including phenoxy) is 1. The second kappa shape index (κ2) is 7.90. The third-order valence-corrected chi connectivity index (χ3v) is 5.58. The maximum Gasteiger partial charge on any atom is 0.241 e. The molecule has 1 fully saturated rings. The fraction of sp³-hybridized carbons (Fsp3) is 0.333. The largest absolute Gasteiger partial charge is 0.379 e. The van der Waals surface area contributed by atoms with E-state index in [4.69, 9.17) is 4.74 Å². The molecule has 0 aromatic heterocycles. The van der Waals surface area contributed by atoms with E-state index in [9.17, 15) is 8.42 Å². The van der Waals surface area contributed by atoms with Crippen LogP contribution in [0.15, 0.2) is 65.6 Å². The Morgan fingerprint density at radius 1 is 0.958 bits per heavy atom. The number of morpholine rings is 1. The predicted molar refractivity (Wildman–Crippen MR) is 93.2 cm³/mol. The second-order valence-electron chi connectivity index (χ2n) is 5.81. The summed E-state index contributed by atoms with van der Waals surface area (Å²) < 4.78 is 33.6. The van der Waals surface area contributed by atoms with Gasteiger partial charge in [0.05, 0.1) is 24.2 Å². The minimum absolute atomic E-state index is 0.285. The highest BCUT2D eigenvalue weighted by Gasteiger charge is 2.24. The van der Waals surface area contributed by atoms with Gasteiger partial charge in [0.2, 0.25) is 10.0 Å². The predicted octanol–water partition coefficient (Wildman–Crippen LogP) is 2.04. The zero-order valence-electron chi connectivity index (χ0n) is 13.5. The Labute approximate surface area is 143 Å². The molecule has 1 heterocycles. The van der Waals surface area contributed by atoms with Gasteiger partial charge in [-0.05, 0) is 17.7 Å². The van der Waals surface area contributed by atoms with Crippen LogP contribution in [0.3, 0.4) is 0 Å².